The Bertz CT molecular complexity index is 235. The Morgan fingerprint density at radius 1 is 1.91 bits per heavy atom. The summed E-state index contributed by atoms with van der Waals surface area (Å²) in [5.41, 5.74) is 0.868. The van der Waals surface area contributed by atoms with Gasteiger partial charge in [0.05, 0.1) is 11.7 Å². The van der Waals surface area contributed by atoms with E-state index in [9.17, 15) is 0 Å². The van der Waals surface area contributed by atoms with E-state index in [2.05, 4.69) is 20.9 Å². The molecule has 0 saturated carbocycles. The second-order valence-corrected chi connectivity index (χ2v) is 2.26. The molecule has 0 amide bonds. The Balaban J connectivity index is 2.30. The smallest absolute Gasteiger partial charge is 0.124 e. The first-order valence-electron chi connectivity index (χ1n) is 3.41. The third-order valence-corrected chi connectivity index (χ3v) is 1.33. The Hall–Kier alpha value is -1.27. The van der Waals surface area contributed by atoms with Crippen molar-refractivity contribution in [1.29, 1.82) is 0 Å². The van der Waals surface area contributed by atoms with Gasteiger partial charge < -0.3 is 4.52 Å². The van der Waals surface area contributed by atoms with Crippen molar-refractivity contribution >= 4 is 0 Å². The van der Waals surface area contributed by atoms with E-state index in [0.717, 1.165) is 5.69 Å². The Labute approximate surface area is 65.8 Å². The van der Waals surface area contributed by atoms with Gasteiger partial charge in [-0.3, -0.25) is 5.32 Å². The largest absolute Gasteiger partial charge is 0.364 e. The molecule has 0 aromatic carbocycles. The molecule has 3 nitrogen and oxygen atoms in total. The van der Waals surface area contributed by atoms with E-state index < -0.39 is 0 Å². The minimum absolute atomic E-state index is 0.0756. The van der Waals surface area contributed by atoms with Gasteiger partial charge in [0.15, 0.2) is 0 Å². The highest BCUT2D eigenvalue weighted by atomic mass is 16.5. The van der Waals surface area contributed by atoms with Gasteiger partial charge in [0, 0.05) is 12.6 Å². The van der Waals surface area contributed by atoms with Gasteiger partial charge in [-0.05, 0) is 6.92 Å². The maximum atomic E-state index is 5.16. The molecule has 3 heteroatoms. The first-order valence-corrected chi connectivity index (χ1v) is 3.41. The van der Waals surface area contributed by atoms with Gasteiger partial charge in [0.2, 0.25) is 0 Å². The Morgan fingerprint density at radius 3 is 3.27 bits per heavy atom. The Kier molecular flexibility index (Phi) is 2.70. The number of nitrogens with zero attached hydrogens (tertiary/aromatic N) is 1. The summed E-state index contributed by atoms with van der Waals surface area (Å²) in [4.78, 5) is 0. The number of rotatable bonds is 3. The molecule has 0 bridgehead atoms. The van der Waals surface area contributed by atoms with Crippen LogP contribution in [0.2, 0.25) is 0 Å². The van der Waals surface area contributed by atoms with E-state index in [1.54, 1.807) is 6.07 Å². The van der Waals surface area contributed by atoms with Gasteiger partial charge in [-0.25, -0.2) is 0 Å². The van der Waals surface area contributed by atoms with E-state index >= 15 is 0 Å². The lowest BCUT2D eigenvalue weighted by molar-refractivity contribution is 0.408. The van der Waals surface area contributed by atoms with E-state index in [1.165, 1.54) is 6.26 Å². The molecule has 1 aromatic rings. The van der Waals surface area contributed by atoms with Gasteiger partial charge in [-0.15, -0.1) is 6.42 Å². The summed E-state index contributed by atoms with van der Waals surface area (Å²) in [5, 5.41) is 6.79. The predicted molar refractivity (Wildman–Crippen MR) is 41.6 cm³/mol. The van der Waals surface area contributed by atoms with Crippen molar-refractivity contribution < 1.29 is 4.52 Å². The van der Waals surface area contributed by atoms with Crippen LogP contribution in [0, 0.1) is 12.3 Å². The summed E-state index contributed by atoms with van der Waals surface area (Å²) in [6, 6.07) is 1.88. The molecule has 58 valence electrons. The Morgan fingerprint density at radius 2 is 2.73 bits per heavy atom. The molecule has 1 aromatic heterocycles. The summed E-state index contributed by atoms with van der Waals surface area (Å²) >= 11 is 0. The first-order chi connectivity index (χ1) is 5.33. The molecule has 0 aliphatic carbocycles. The zero-order chi connectivity index (χ0) is 8.10. The van der Waals surface area contributed by atoms with Gasteiger partial charge >= 0.3 is 0 Å². The molecule has 0 spiro atoms. The van der Waals surface area contributed by atoms with Crippen LogP contribution in [0.3, 0.4) is 0 Å². The highest BCUT2D eigenvalue weighted by Crippen LogP contribution is 1.93. The number of nitrogens with one attached hydrogen (secondary N) is 1. The summed E-state index contributed by atoms with van der Waals surface area (Å²) in [7, 11) is 0. The second kappa shape index (κ2) is 3.79. The van der Waals surface area contributed by atoms with Crippen molar-refractivity contribution in [3.63, 3.8) is 0 Å². The van der Waals surface area contributed by atoms with Crippen molar-refractivity contribution in [3.8, 4) is 12.3 Å². The maximum Gasteiger partial charge on any atom is 0.124 e. The molecule has 1 unspecified atom stereocenters. The topological polar surface area (TPSA) is 38.1 Å². The minimum atomic E-state index is 0.0756. The zero-order valence-electron chi connectivity index (χ0n) is 6.37. The molecule has 0 saturated heterocycles. The van der Waals surface area contributed by atoms with Crippen molar-refractivity contribution in [1.82, 2.24) is 10.5 Å². The molecule has 0 aliphatic rings. The van der Waals surface area contributed by atoms with Crippen LogP contribution in [0.25, 0.3) is 0 Å². The van der Waals surface area contributed by atoms with E-state index in [-0.39, 0.29) is 6.04 Å². The number of terminal acetylenes is 1. The van der Waals surface area contributed by atoms with Crippen molar-refractivity contribution in [3.05, 3.63) is 18.0 Å². The van der Waals surface area contributed by atoms with E-state index in [4.69, 9.17) is 6.42 Å². The van der Waals surface area contributed by atoms with Crippen LogP contribution in [0.15, 0.2) is 16.9 Å². The van der Waals surface area contributed by atoms with Crippen LogP contribution < -0.4 is 5.32 Å². The SMILES string of the molecule is C#CC(C)NCc1ccon1. The highest BCUT2D eigenvalue weighted by Gasteiger charge is 1.97. The van der Waals surface area contributed by atoms with Crippen LogP contribution in [-0.2, 0) is 6.54 Å². The predicted octanol–water partition coefficient (Wildman–Crippen LogP) is 0.786. The second-order valence-electron chi connectivity index (χ2n) is 2.26. The van der Waals surface area contributed by atoms with Crippen molar-refractivity contribution in [2.75, 3.05) is 0 Å². The molecule has 11 heavy (non-hydrogen) atoms. The third kappa shape index (κ3) is 2.44. The van der Waals surface area contributed by atoms with Crippen LogP contribution in [-0.4, -0.2) is 11.2 Å². The lowest BCUT2D eigenvalue weighted by Crippen LogP contribution is -2.23. The summed E-state index contributed by atoms with van der Waals surface area (Å²) in [6.07, 6.45) is 6.69. The van der Waals surface area contributed by atoms with Crippen LogP contribution in [0.1, 0.15) is 12.6 Å². The van der Waals surface area contributed by atoms with Crippen molar-refractivity contribution in [2.45, 2.75) is 19.5 Å². The fourth-order valence-corrected chi connectivity index (χ4v) is 0.645. The van der Waals surface area contributed by atoms with Crippen LogP contribution in [0.4, 0.5) is 0 Å². The molecule has 0 aliphatic heterocycles. The summed E-state index contributed by atoms with van der Waals surface area (Å²) in [5.74, 6) is 2.56. The maximum absolute atomic E-state index is 5.16. The third-order valence-electron chi connectivity index (χ3n) is 1.33. The molecule has 1 N–H and O–H groups in total. The normalized spacial score (nSPS) is 12.4. The number of hydrogen-bond acceptors (Lipinski definition) is 3. The minimum Gasteiger partial charge on any atom is -0.364 e. The summed E-state index contributed by atoms with van der Waals surface area (Å²) in [6.45, 7) is 2.57. The molecule has 1 heterocycles. The average molecular weight is 150 g/mol. The molecule has 0 radical (unpaired) electrons. The van der Waals surface area contributed by atoms with Crippen LogP contribution >= 0.6 is 0 Å². The summed E-state index contributed by atoms with van der Waals surface area (Å²) < 4.78 is 4.64. The highest BCUT2D eigenvalue weighted by molar-refractivity contribution is 4.99. The molecule has 1 rings (SSSR count). The van der Waals surface area contributed by atoms with Crippen molar-refractivity contribution in [2.24, 2.45) is 0 Å². The molecular weight excluding hydrogens is 140 g/mol. The molecular formula is C8H10N2O. The number of hydrogen-bond donors (Lipinski definition) is 1. The van der Waals surface area contributed by atoms with Crippen LogP contribution in [0.5, 0.6) is 0 Å². The van der Waals surface area contributed by atoms with E-state index in [0.29, 0.717) is 6.54 Å². The number of aromatic nitrogens is 1. The lowest BCUT2D eigenvalue weighted by atomic mass is 10.3. The first kappa shape index (κ1) is 7.83. The van der Waals surface area contributed by atoms with Gasteiger partial charge in [-0.1, -0.05) is 11.1 Å². The molecule has 0 fully saturated rings. The monoisotopic (exact) mass is 150 g/mol. The zero-order valence-corrected chi connectivity index (χ0v) is 6.37. The standard InChI is InChI=1S/C8H10N2O/c1-3-7(2)9-6-8-4-5-11-10-8/h1,4-5,7,9H,6H2,2H3. The quantitative estimate of drug-likeness (QED) is 0.647. The van der Waals surface area contributed by atoms with Gasteiger partial charge in [-0.2, -0.15) is 0 Å². The van der Waals surface area contributed by atoms with Gasteiger partial charge in [0.25, 0.3) is 0 Å². The van der Waals surface area contributed by atoms with Gasteiger partial charge in [0.1, 0.15) is 6.26 Å². The fraction of sp³-hybridized carbons (Fsp3) is 0.375. The molecule has 1 atom stereocenters. The fourth-order valence-electron chi connectivity index (χ4n) is 0.645. The van der Waals surface area contributed by atoms with E-state index in [1.807, 2.05) is 6.92 Å². The average Bonchev–Trinajstić information content (AvgIpc) is 2.52. The lowest BCUT2D eigenvalue weighted by Gasteiger charge is -2.03.